The van der Waals surface area contributed by atoms with Gasteiger partial charge in [0.1, 0.15) is 17.9 Å². The van der Waals surface area contributed by atoms with Crippen LogP contribution in [0.1, 0.15) is 19.4 Å². The number of anilines is 1. The second kappa shape index (κ2) is 6.27. The summed E-state index contributed by atoms with van der Waals surface area (Å²) in [5, 5.41) is 3.11. The van der Waals surface area contributed by atoms with E-state index < -0.39 is 11.6 Å². The minimum absolute atomic E-state index is 0.194. The van der Waals surface area contributed by atoms with Crippen molar-refractivity contribution in [2.45, 2.75) is 20.3 Å². The van der Waals surface area contributed by atoms with Crippen molar-refractivity contribution >= 4 is 5.82 Å². The zero-order chi connectivity index (χ0) is 14.5. The van der Waals surface area contributed by atoms with Crippen LogP contribution < -0.4 is 10.1 Å². The molecule has 0 atom stereocenters. The highest BCUT2D eigenvalue weighted by Crippen LogP contribution is 2.28. The number of nitrogens with zero attached hydrogens (tertiary/aromatic N) is 2. The van der Waals surface area contributed by atoms with Crippen molar-refractivity contribution in [2.75, 3.05) is 11.9 Å². The molecule has 1 heterocycles. The van der Waals surface area contributed by atoms with Crippen LogP contribution in [0.2, 0.25) is 0 Å². The maximum Gasteiger partial charge on any atom is 0.227 e. The van der Waals surface area contributed by atoms with Gasteiger partial charge in [0.05, 0.1) is 5.56 Å². The summed E-state index contributed by atoms with van der Waals surface area (Å²) in [7, 11) is 0. The Morgan fingerprint density at radius 2 is 1.95 bits per heavy atom. The molecule has 2 rings (SSSR count). The van der Waals surface area contributed by atoms with E-state index in [1.54, 1.807) is 0 Å². The third-order valence-electron chi connectivity index (χ3n) is 2.71. The number of aromatic nitrogens is 2. The second-order valence-electron chi connectivity index (χ2n) is 4.07. The maximum absolute atomic E-state index is 13.2. The summed E-state index contributed by atoms with van der Waals surface area (Å²) in [4.78, 5) is 8.19. The number of ether oxygens (including phenoxy) is 1. The SMILES string of the molecule is CCNc1ncnc(Oc2ccc(F)c(F)c2)c1CC. The number of hydrogen-bond donors (Lipinski definition) is 1. The molecule has 0 aliphatic rings. The van der Waals surface area contributed by atoms with Crippen molar-refractivity contribution in [1.82, 2.24) is 9.97 Å². The molecule has 2 aromatic rings. The minimum atomic E-state index is -0.957. The molecule has 0 saturated carbocycles. The Hall–Kier alpha value is -2.24. The van der Waals surface area contributed by atoms with Crippen molar-refractivity contribution in [3.63, 3.8) is 0 Å². The van der Waals surface area contributed by atoms with Crippen molar-refractivity contribution in [3.05, 3.63) is 41.7 Å². The van der Waals surface area contributed by atoms with Gasteiger partial charge >= 0.3 is 0 Å². The van der Waals surface area contributed by atoms with Gasteiger partial charge in [0.25, 0.3) is 0 Å². The largest absolute Gasteiger partial charge is 0.438 e. The van der Waals surface area contributed by atoms with Crippen LogP contribution in [-0.4, -0.2) is 16.5 Å². The lowest BCUT2D eigenvalue weighted by molar-refractivity contribution is 0.442. The van der Waals surface area contributed by atoms with Crippen LogP contribution in [0.3, 0.4) is 0 Å². The molecular weight excluding hydrogens is 264 g/mol. The predicted octanol–water partition coefficient (Wildman–Crippen LogP) is 3.54. The average molecular weight is 279 g/mol. The fourth-order valence-corrected chi connectivity index (χ4v) is 1.77. The molecule has 4 nitrogen and oxygen atoms in total. The Balaban J connectivity index is 2.32. The summed E-state index contributed by atoms with van der Waals surface area (Å²) >= 11 is 0. The zero-order valence-corrected chi connectivity index (χ0v) is 11.3. The highest BCUT2D eigenvalue weighted by atomic mass is 19.2. The highest BCUT2D eigenvalue weighted by Gasteiger charge is 2.12. The van der Waals surface area contributed by atoms with E-state index in [0.29, 0.717) is 24.7 Å². The molecule has 0 bridgehead atoms. The van der Waals surface area contributed by atoms with Crippen LogP contribution in [0.25, 0.3) is 0 Å². The molecule has 20 heavy (non-hydrogen) atoms. The molecule has 1 aromatic heterocycles. The van der Waals surface area contributed by atoms with Crippen LogP contribution in [0.15, 0.2) is 24.5 Å². The standard InChI is InChI=1S/C14H15F2N3O/c1-3-10-13(17-4-2)18-8-19-14(10)20-9-5-6-11(15)12(16)7-9/h5-8H,3-4H2,1-2H3,(H,17,18,19). The highest BCUT2D eigenvalue weighted by molar-refractivity contribution is 5.49. The first-order valence-electron chi connectivity index (χ1n) is 6.36. The van der Waals surface area contributed by atoms with Crippen LogP contribution in [-0.2, 0) is 6.42 Å². The molecule has 0 aliphatic heterocycles. The van der Waals surface area contributed by atoms with Crippen molar-refractivity contribution in [3.8, 4) is 11.6 Å². The summed E-state index contributed by atoms with van der Waals surface area (Å²) in [6.45, 7) is 4.61. The number of rotatable bonds is 5. The van der Waals surface area contributed by atoms with E-state index in [2.05, 4.69) is 15.3 Å². The van der Waals surface area contributed by atoms with E-state index in [-0.39, 0.29) is 5.75 Å². The van der Waals surface area contributed by atoms with Gasteiger partial charge in [-0.25, -0.2) is 18.7 Å². The summed E-state index contributed by atoms with van der Waals surface area (Å²) in [6.07, 6.45) is 2.02. The van der Waals surface area contributed by atoms with Crippen molar-refractivity contribution in [2.24, 2.45) is 0 Å². The van der Waals surface area contributed by atoms with Gasteiger partial charge in [-0.05, 0) is 25.5 Å². The van der Waals surface area contributed by atoms with Gasteiger partial charge in [-0.1, -0.05) is 6.92 Å². The molecule has 0 spiro atoms. The van der Waals surface area contributed by atoms with Crippen LogP contribution in [0.4, 0.5) is 14.6 Å². The van der Waals surface area contributed by atoms with Gasteiger partial charge in [0.15, 0.2) is 11.6 Å². The lowest BCUT2D eigenvalue weighted by Gasteiger charge is -2.12. The minimum Gasteiger partial charge on any atom is -0.438 e. The third kappa shape index (κ3) is 3.01. The molecule has 6 heteroatoms. The lowest BCUT2D eigenvalue weighted by Crippen LogP contribution is -2.05. The molecule has 106 valence electrons. The first-order valence-corrected chi connectivity index (χ1v) is 6.36. The van der Waals surface area contributed by atoms with Gasteiger partial charge in [-0.3, -0.25) is 0 Å². The van der Waals surface area contributed by atoms with Gasteiger partial charge in [-0.2, -0.15) is 0 Å². The van der Waals surface area contributed by atoms with E-state index in [9.17, 15) is 8.78 Å². The zero-order valence-electron chi connectivity index (χ0n) is 11.3. The topological polar surface area (TPSA) is 47.0 Å². The van der Waals surface area contributed by atoms with Crippen LogP contribution >= 0.6 is 0 Å². The smallest absolute Gasteiger partial charge is 0.227 e. The Bertz CT molecular complexity index is 605. The van der Waals surface area contributed by atoms with Gasteiger partial charge in [-0.15, -0.1) is 0 Å². The second-order valence-corrected chi connectivity index (χ2v) is 4.07. The quantitative estimate of drug-likeness (QED) is 0.909. The molecule has 0 amide bonds. The van der Waals surface area contributed by atoms with Crippen LogP contribution in [0.5, 0.6) is 11.6 Å². The fraction of sp³-hybridized carbons (Fsp3) is 0.286. The molecular formula is C14H15F2N3O. The molecule has 1 N–H and O–H groups in total. The van der Waals surface area contributed by atoms with E-state index in [4.69, 9.17) is 4.74 Å². The normalized spacial score (nSPS) is 10.4. The van der Waals surface area contributed by atoms with Crippen LogP contribution in [0, 0.1) is 11.6 Å². The van der Waals surface area contributed by atoms with Gasteiger partial charge < -0.3 is 10.1 Å². The first kappa shape index (κ1) is 14.2. The van der Waals surface area contributed by atoms with E-state index >= 15 is 0 Å². The summed E-state index contributed by atoms with van der Waals surface area (Å²) in [5.41, 5.74) is 0.791. The Labute approximate surface area is 115 Å². The monoisotopic (exact) mass is 279 g/mol. The molecule has 0 saturated heterocycles. The number of benzene rings is 1. The van der Waals surface area contributed by atoms with Crippen molar-refractivity contribution < 1.29 is 13.5 Å². The van der Waals surface area contributed by atoms with Crippen molar-refractivity contribution in [1.29, 1.82) is 0 Å². The van der Waals surface area contributed by atoms with E-state index in [1.165, 1.54) is 12.4 Å². The first-order chi connectivity index (χ1) is 9.65. The molecule has 1 aromatic carbocycles. The summed E-state index contributed by atoms with van der Waals surface area (Å²) in [6, 6.07) is 3.36. The summed E-state index contributed by atoms with van der Waals surface area (Å²) < 4.78 is 31.6. The number of nitrogens with one attached hydrogen (secondary N) is 1. The lowest BCUT2D eigenvalue weighted by atomic mass is 10.2. The fourth-order valence-electron chi connectivity index (χ4n) is 1.77. The Morgan fingerprint density at radius 1 is 1.15 bits per heavy atom. The Kier molecular flexibility index (Phi) is 4.45. The molecule has 0 unspecified atom stereocenters. The van der Waals surface area contributed by atoms with E-state index in [0.717, 1.165) is 17.7 Å². The predicted molar refractivity (Wildman–Crippen MR) is 72.0 cm³/mol. The maximum atomic E-state index is 13.2. The third-order valence-corrected chi connectivity index (χ3v) is 2.71. The molecule has 0 fully saturated rings. The molecule has 0 aliphatic carbocycles. The van der Waals surface area contributed by atoms with Gasteiger partial charge in [0.2, 0.25) is 5.88 Å². The van der Waals surface area contributed by atoms with E-state index in [1.807, 2.05) is 13.8 Å². The number of halogens is 2. The number of hydrogen-bond acceptors (Lipinski definition) is 4. The average Bonchev–Trinajstić information content (AvgIpc) is 2.44. The Morgan fingerprint density at radius 3 is 2.60 bits per heavy atom. The van der Waals surface area contributed by atoms with Gasteiger partial charge in [0, 0.05) is 12.6 Å². The molecule has 0 radical (unpaired) electrons. The summed E-state index contributed by atoms with van der Waals surface area (Å²) in [5.74, 6) is -0.655.